The Morgan fingerprint density at radius 1 is 0.933 bits per heavy atom. The Morgan fingerprint density at radius 2 is 1.57 bits per heavy atom. The van der Waals surface area contributed by atoms with Crippen molar-refractivity contribution in [1.82, 2.24) is 15.0 Å². The number of hydrogen-bond acceptors (Lipinski definition) is 5. The van der Waals surface area contributed by atoms with Gasteiger partial charge in [0, 0.05) is 24.0 Å². The number of aromatic amines is 2. The first-order valence-electron chi connectivity index (χ1n) is 8.43. The second-order valence-corrected chi connectivity index (χ2v) is 8.33. The molecular formula is C19H12ClFN4O4S. The SMILES string of the molecule is O=c1[nH]c2cc(F)c(S(=O)(=O)Nc3ccc(-c4ccncc4)c(Cl)c3)cc2[nH]c1=O. The first-order chi connectivity index (χ1) is 14.2. The van der Waals surface area contributed by atoms with E-state index in [-0.39, 0.29) is 21.7 Å². The van der Waals surface area contributed by atoms with Gasteiger partial charge in [0.15, 0.2) is 0 Å². The van der Waals surface area contributed by atoms with Crippen molar-refractivity contribution < 1.29 is 12.8 Å². The number of halogens is 2. The molecule has 0 aliphatic heterocycles. The van der Waals surface area contributed by atoms with Crippen LogP contribution in [0.5, 0.6) is 0 Å². The Labute approximate surface area is 173 Å². The zero-order valence-corrected chi connectivity index (χ0v) is 16.5. The lowest BCUT2D eigenvalue weighted by Crippen LogP contribution is -2.29. The summed E-state index contributed by atoms with van der Waals surface area (Å²) in [4.78, 5) is 30.5. The molecule has 0 saturated carbocycles. The first kappa shape index (κ1) is 19.8. The predicted molar refractivity (Wildman–Crippen MR) is 111 cm³/mol. The molecule has 30 heavy (non-hydrogen) atoms. The highest BCUT2D eigenvalue weighted by Gasteiger charge is 2.21. The van der Waals surface area contributed by atoms with E-state index in [1.165, 1.54) is 12.1 Å². The van der Waals surface area contributed by atoms with E-state index in [4.69, 9.17) is 11.6 Å². The van der Waals surface area contributed by atoms with Gasteiger partial charge in [0.2, 0.25) is 0 Å². The summed E-state index contributed by atoms with van der Waals surface area (Å²) in [6.45, 7) is 0. The molecule has 2 aromatic carbocycles. The summed E-state index contributed by atoms with van der Waals surface area (Å²) < 4.78 is 42.1. The van der Waals surface area contributed by atoms with Gasteiger partial charge in [-0.2, -0.15) is 0 Å². The van der Waals surface area contributed by atoms with Gasteiger partial charge in [0.05, 0.1) is 21.7 Å². The fourth-order valence-electron chi connectivity index (χ4n) is 2.88. The van der Waals surface area contributed by atoms with Crippen molar-refractivity contribution in [3.63, 3.8) is 0 Å². The Balaban J connectivity index is 1.72. The van der Waals surface area contributed by atoms with Crippen molar-refractivity contribution in [3.05, 3.63) is 86.4 Å². The zero-order chi connectivity index (χ0) is 21.5. The standard InChI is InChI=1S/C19H12ClFN4O4S/c20-13-7-11(1-2-12(13)10-3-5-22-6-4-10)25-30(28,29)17-9-16-15(8-14(17)21)23-18(26)19(27)24-16/h1-9,25H,(H,23,26)(H,24,27). The van der Waals surface area contributed by atoms with Crippen LogP contribution in [0.25, 0.3) is 22.2 Å². The van der Waals surface area contributed by atoms with Crippen LogP contribution in [-0.4, -0.2) is 23.4 Å². The molecule has 0 amide bonds. The summed E-state index contributed by atoms with van der Waals surface area (Å²) >= 11 is 6.28. The van der Waals surface area contributed by atoms with Crippen LogP contribution in [0.4, 0.5) is 10.1 Å². The van der Waals surface area contributed by atoms with E-state index in [1.54, 1.807) is 30.6 Å². The molecule has 0 fully saturated rings. The maximum Gasteiger partial charge on any atom is 0.314 e. The van der Waals surface area contributed by atoms with Gasteiger partial charge >= 0.3 is 11.1 Å². The molecule has 0 aliphatic carbocycles. The lowest BCUT2D eigenvalue weighted by molar-refractivity contribution is 0.571. The van der Waals surface area contributed by atoms with Crippen LogP contribution in [0.3, 0.4) is 0 Å². The number of sulfonamides is 1. The summed E-state index contributed by atoms with van der Waals surface area (Å²) in [6, 6.07) is 9.75. The maximum atomic E-state index is 14.4. The molecule has 0 spiro atoms. The number of benzene rings is 2. The highest BCUT2D eigenvalue weighted by molar-refractivity contribution is 7.92. The molecule has 0 atom stereocenters. The van der Waals surface area contributed by atoms with Crippen molar-refractivity contribution in [2.24, 2.45) is 0 Å². The number of H-pyrrole nitrogens is 2. The van der Waals surface area contributed by atoms with Crippen LogP contribution in [0.15, 0.2) is 69.3 Å². The largest absolute Gasteiger partial charge is 0.316 e. The third-order valence-electron chi connectivity index (χ3n) is 4.28. The first-order valence-corrected chi connectivity index (χ1v) is 10.3. The highest BCUT2D eigenvalue weighted by atomic mass is 35.5. The van der Waals surface area contributed by atoms with Crippen molar-refractivity contribution in [2.75, 3.05) is 4.72 Å². The Hall–Kier alpha value is -3.50. The van der Waals surface area contributed by atoms with Crippen molar-refractivity contribution >= 4 is 38.3 Å². The second-order valence-electron chi connectivity index (χ2n) is 6.27. The number of fused-ring (bicyclic) bond motifs is 1. The maximum absolute atomic E-state index is 14.4. The van der Waals surface area contributed by atoms with E-state index in [2.05, 4.69) is 19.7 Å². The Bertz CT molecular complexity index is 1500. The van der Waals surface area contributed by atoms with Gasteiger partial charge in [-0.05, 0) is 35.9 Å². The number of nitrogens with zero attached hydrogens (tertiary/aromatic N) is 1. The molecule has 0 aliphatic rings. The van der Waals surface area contributed by atoms with E-state index in [0.29, 0.717) is 5.56 Å². The summed E-state index contributed by atoms with van der Waals surface area (Å²) in [5, 5.41) is 0.280. The zero-order valence-electron chi connectivity index (χ0n) is 14.9. The third kappa shape index (κ3) is 3.70. The smallest absolute Gasteiger partial charge is 0.314 e. The van der Waals surface area contributed by atoms with Crippen molar-refractivity contribution in [1.29, 1.82) is 0 Å². The van der Waals surface area contributed by atoms with E-state index in [0.717, 1.165) is 17.7 Å². The highest BCUT2D eigenvalue weighted by Crippen LogP contribution is 2.31. The number of anilines is 1. The third-order valence-corrected chi connectivity index (χ3v) is 5.99. The molecule has 152 valence electrons. The molecule has 11 heteroatoms. The normalized spacial score (nSPS) is 11.5. The number of pyridine rings is 1. The summed E-state index contributed by atoms with van der Waals surface area (Å²) in [5.41, 5.74) is -0.452. The van der Waals surface area contributed by atoms with Gasteiger partial charge in [0.1, 0.15) is 10.7 Å². The molecule has 0 bridgehead atoms. The summed E-state index contributed by atoms with van der Waals surface area (Å²) in [5.74, 6) is -1.10. The fourth-order valence-corrected chi connectivity index (χ4v) is 4.30. The summed E-state index contributed by atoms with van der Waals surface area (Å²) in [7, 11) is -4.36. The van der Waals surface area contributed by atoms with Crippen molar-refractivity contribution in [2.45, 2.75) is 4.90 Å². The molecule has 2 aromatic heterocycles. The Kier molecular flexibility index (Phi) is 4.88. The minimum atomic E-state index is -4.36. The molecule has 0 unspecified atom stereocenters. The number of rotatable bonds is 4. The average Bonchev–Trinajstić information content (AvgIpc) is 2.69. The lowest BCUT2D eigenvalue weighted by atomic mass is 10.1. The monoisotopic (exact) mass is 446 g/mol. The summed E-state index contributed by atoms with van der Waals surface area (Å²) in [6.07, 6.45) is 3.20. The fraction of sp³-hybridized carbons (Fsp3) is 0. The van der Waals surface area contributed by atoms with Gasteiger partial charge in [-0.25, -0.2) is 12.8 Å². The number of hydrogen-bond donors (Lipinski definition) is 3. The van der Waals surface area contributed by atoms with Crippen LogP contribution in [0.2, 0.25) is 5.02 Å². The Morgan fingerprint density at radius 3 is 2.20 bits per heavy atom. The molecule has 3 N–H and O–H groups in total. The number of aromatic nitrogens is 3. The molecule has 8 nitrogen and oxygen atoms in total. The molecule has 0 saturated heterocycles. The van der Waals surface area contributed by atoms with E-state index in [1.807, 2.05) is 0 Å². The molecule has 0 radical (unpaired) electrons. The van der Waals surface area contributed by atoms with E-state index < -0.39 is 31.9 Å². The molecular weight excluding hydrogens is 435 g/mol. The predicted octanol–water partition coefficient (Wildman–Crippen LogP) is 2.87. The number of nitrogens with one attached hydrogen (secondary N) is 3. The second kappa shape index (κ2) is 7.39. The van der Waals surface area contributed by atoms with Gasteiger partial charge in [-0.1, -0.05) is 17.7 Å². The minimum Gasteiger partial charge on any atom is -0.316 e. The topological polar surface area (TPSA) is 125 Å². The quantitative estimate of drug-likeness (QED) is 0.416. The van der Waals surface area contributed by atoms with Crippen LogP contribution in [-0.2, 0) is 10.0 Å². The van der Waals surface area contributed by atoms with Crippen molar-refractivity contribution in [3.8, 4) is 11.1 Å². The van der Waals surface area contributed by atoms with Crippen LogP contribution in [0, 0.1) is 5.82 Å². The lowest BCUT2D eigenvalue weighted by Gasteiger charge is -2.12. The van der Waals surface area contributed by atoms with Crippen LogP contribution in [0.1, 0.15) is 0 Å². The van der Waals surface area contributed by atoms with Gasteiger partial charge in [0.25, 0.3) is 10.0 Å². The van der Waals surface area contributed by atoms with Gasteiger partial charge in [-0.3, -0.25) is 19.3 Å². The van der Waals surface area contributed by atoms with Gasteiger partial charge in [-0.15, -0.1) is 0 Å². The molecule has 4 aromatic rings. The van der Waals surface area contributed by atoms with Gasteiger partial charge < -0.3 is 9.97 Å². The molecule has 2 heterocycles. The van der Waals surface area contributed by atoms with E-state index in [9.17, 15) is 22.4 Å². The molecule has 4 rings (SSSR count). The van der Waals surface area contributed by atoms with Crippen LogP contribution < -0.4 is 15.8 Å². The minimum absolute atomic E-state index is 0.0348. The van der Waals surface area contributed by atoms with E-state index >= 15 is 0 Å². The average molecular weight is 447 g/mol. The van der Waals surface area contributed by atoms with Crippen LogP contribution >= 0.6 is 11.6 Å².